The van der Waals surface area contributed by atoms with Crippen LogP contribution >= 0.6 is 23.2 Å². The van der Waals surface area contributed by atoms with Crippen molar-refractivity contribution >= 4 is 40.5 Å². The fourth-order valence-corrected chi connectivity index (χ4v) is 3.39. The van der Waals surface area contributed by atoms with Crippen LogP contribution in [0.4, 0.5) is 11.4 Å². The number of benzene rings is 3. The summed E-state index contributed by atoms with van der Waals surface area (Å²) >= 11 is 12.8. The van der Waals surface area contributed by atoms with Gasteiger partial charge in [-0.1, -0.05) is 67.4 Å². The molecule has 4 nitrogen and oxygen atoms in total. The molecule has 2 N–H and O–H groups in total. The third-order valence-electron chi connectivity index (χ3n) is 4.46. The highest BCUT2D eigenvalue weighted by Gasteiger charge is 2.11. The highest BCUT2D eigenvalue weighted by molar-refractivity contribution is 6.37. The molecule has 3 aromatic rings. The SMILES string of the molecule is CC(C)C(=O)Nc1ccc(NCc2cc(Cl)c(OCc3ccccc3)c(Cl)c2)cc1. The maximum Gasteiger partial charge on any atom is 0.226 e. The van der Waals surface area contributed by atoms with Gasteiger partial charge in [-0.2, -0.15) is 0 Å². The zero-order valence-electron chi connectivity index (χ0n) is 16.9. The van der Waals surface area contributed by atoms with Crippen LogP contribution in [-0.4, -0.2) is 5.91 Å². The molecule has 0 aromatic heterocycles. The second kappa shape index (κ2) is 10.4. The molecule has 0 bridgehead atoms. The van der Waals surface area contributed by atoms with Gasteiger partial charge in [-0.3, -0.25) is 4.79 Å². The Kier molecular flexibility index (Phi) is 7.61. The van der Waals surface area contributed by atoms with Crippen molar-refractivity contribution in [2.45, 2.75) is 27.0 Å². The predicted molar refractivity (Wildman–Crippen MR) is 124 cm³/mol. The molecule has 0 aliphatic heterocycles. The van der Waals surface area contributed by atoms with Gasteiger partial charge in [-0.05, 0) is 47.5 Å². The molecule has 0 radical (unpaired) electrons. The lowest BCUT2D eigenvalue weighted by Crippen LogP contribution is -2.17. The number of carbonyl (C=O) groups is 1. The summed E-state index contributed by atoms with van der Waals surface area (Å²) in [5.41, 5.74) is 3.68. The van der Waals surface area contributed by atoms with Gasteiger partial charge in [0.2, 0.25) is 5.91 Å². The van der Waals surface area contributed by atoms with Crippen molar-refractivity contribution in [2.24, 2.45) is 5.92 Å². The molecule has 30 heavy (non-hydrogen) atoms. The van der Waals surface area contributed by atoms with Gasteiger partial charge in [0.25, 0.3) is 0 Å². The van der Waals surface area contributed by atoms with E-state index >= 15 is 0 Å². The number of nitrogens with one attached hydrogen (secondary N) is 2. The van der Waals surface area contributed by atoms with Crippen molar-refractivity contribution in [1.82, 2.24) is 0 Å². The lowest BCUT2D eigenvalue weighted by atomic mass is 10.2. The topological polar surface area (TPSA) is 50.4 Å². The Morgan fingerprint density at radius 2 is 1.50 bits per heavy atom. The minimum absolute atomic E-state index is 0.00503. The molecule has 3 aromatic carbocycles. The maximum atomic E-state index is 11.8. The normalized spacial score (nSPS) is 10.7. The van der Waals surface area contributed by atoms with Gasteiger partial charge in [0.05, 0.1) is 10.0 Å². The largest absolute Gasteiger partial charge is 0.486 e. The summed E-state index contributed by atoms with van der Waals surface area (Å²) in [7, 11) is 0. The second-order valence-corrected chi connectivity index (χ2v) is 8.05. The van der Waals surface area contributed by atoms with Gasteiger partial charge in [0.1, 0.15) is 6.61 Å². The molecule has 0 fully saturated rings. The van der Waals surface area contributed by atoms with Gasteiger partial charge < -0.3 is 15.4 Å². The monoisotopic (exact) mass is 442 g/mol. The summed E-state index contributed by atoms with van der Waals surface area (Å²) < 4.78 is 5.81. The van der Waals surface area contributed by atoms with Gasteiger partial charge in [0, 0.05) is 23.8 Å². The Hall–Kier alpha value is -2.69. The number of hydrogen-bond donors (Lipinski definition) is 2. The van der Waals surface area contributed by atoms with E-state index in [-0.39, 0.29) is 11.8 Å². The first kappa shape index (κ1) is 22.0. The second-order valence-electron chi connectivity index (χ2n) is 7.24. The Labute approximate surface area is 187 Å². The third kappa shape index (κ3) is 6.15. The summed E-state index contributed by atoms with van der Waals surface area (Å²) in [4.78, 5) is 11.8. The van der Waals surface area contributed by atoms with E-state index in [1.807, 2.05) is 80.6 Å². The quantitative estimate of drug-likeness (QED) is 0.404. The standard InChI is InChI=1S/C24H24Cl2N2O2/c1-16(2)24(29)28-20-10-8-19(9-11-20)27-14-18-12-21(25)23(22(26)13-18)30-15-17-6-4-3-5-7-17/h3-13,16,27H,14-15H2,1-2H3,(H,28,29). The zero-order chi connectivity index (χ0) is 21.5. The fourth-order valence-electron chi connectivity index (χ4n) is 2.74. The maximum absolute atomic E-state index is 11.8. The molecular weight excluding hydrogens is 419 g/mol. The van der Waals surface area contributed by atoms with Crippen LogP contribution in [0.2, 0.25) is 10.0 Å². The number of anilines is 2. The molecule has 0 aliphatic rings. The molecule has 6 heteroatoms. The van der Waals surface area contributed by atoms with E-state index in [4.69, 9.17) is 27.9 Å². The average Bonchev–Trinajstić information content (AvgIpc) is 2.73. The first-order valence-electron chi connectivity index (χ1n) is 9.72. The number of hydrogen-bond acceptors (Lipinski definition) is 3. The van der Waals surface area contributed by atoms with Crippen LogP contribution in [0.15, 0.2) is 66.7 Å². The first-order valence-corrected chi connectivity index (χ1v) is 10.5. The van der Waals surface area contributed by atoms with Crippen molar-refractivity contribution in [3.8, 4) is 5.75 Å². The molecular formula is C24H24Cl2N2O2. The van der Waals surface area contributed by atoms with Crippen LogP contribution in [0, 0.1) is 5.92 Å². The molecule has 0 atom stereocenters. The summed E-state index contributed by atoms with van der Waals surface area (Å²) in [5.74, 6) is 0.419. The highest BCUT2D eigenvalue weighted by atomic mass is 35.5. The van der Waals surface area contributed by atoms with E-state index in [1.165, 1.54) is 0 Å². The highest BCUT2D eigenvalue weighted by Crippen LogP contribution is 2.35. The van der Waals surface area contributed by atoms with E-state index in [0.29, 0.717) is 28.9 Å². The van der Waals surface area contributed by atoms with E-state index < -0.39 is 0 Å². The molecule has 156 valence electrons. The number of halogens is 2. The predicted octanol–water partition coefficient (Wildman–Crippen LogP) is 6.78. The fraction of sp³-hybridized carbons (Fsp3) is 0.208. The van der Waals surface area contributed by atoms with Crippen LogP contribution in [-0.2, 0) is 17.9 Å². The van der Waals surface area contributed by atoms with Crippen molar-refractivity contribution in [3.05, 3.63) is 87.9 Å². The third-order valence-corrected chi connectivity index (χ3v) is 5.02. The van der Waals surface area contributed by atoms with Crippen LogP contribution in [0.5, 0.6) is 5.75 Å². The summed E-state index contributed by atoms with van der Waals surface area (Å²) in [5, 5.41) is 7.15. The van der Waals surface area contributed by atoms with Gasteiger partial charge in [-0.25, -0.2) is 0 Å². The zero-order valence-corrected chi connectivity index (χ0v) is 18.4. The van der Waals surface area contributed by atoms with Crippen LogP contribution in [0.1, 0.15) is 25.0 Å². The number of rotatable bonds is 8. The first-order chi connectivity index (χ1) is 14.4. The number of carbonyl (C=O) groups excluding carboxylic acids is 1. The lowest BCUT2D eigenvalue weighted by molar-refractivity contribution is -0.118. The summed E-state index contributed by atoms with van der Waals surface area (Å²) in [6.07, 6.45) is 0. The molecule has 0 spiro atoms. The van der Waals surface area contributed by atoms with Gasteiger partial charge in [-0.15, -0.1) is 0 Å². The summed E-state index contributed by atoms with van der Waals surface area (Å²) in [6.45, 7) is 4.67. The Balaban J connectivity index is 1.58. The minimum atomic E-state index is -0.0584. The van der Waals surface area contributed by atoms with E-state index in [1.54, 1.807) is 0 Å². The Morgan fingerprint density at radius 3 is 2.10 bits per heavy atom. The van der Waals surface area contributed by atoms with Crippen molar-refractivity contribution in [1.29, 1.82) is 0 Å². The molecule has 3 rings (SSSR count). The van der Waals surface area contributed by atoms with E-state index in [0.717, 1.165) is 22.5 Å². The smallest absolute Gasteiger partial charge is 0.226 e. The number of ether oxygens (including phenoxy) is 1. The van der Waals surface area contributed by atoms with Crippen molar-refractivity contribution in [3.63, 3.8) is 0 Å². The van der Waals surface area contributed by atoms with Crippen LogP contribution < -0.4 is 15.4 Å². The number of amides is 1. The average molecular weight is 443 g/mol. The van der Waals surface area contributed by atoms with Crippen LogP contribution in [0.25, 0.3) is 0 Å². The molecule has 0 saturated heterocycles. The lowest BCUT2D eigenvalue weighted by Gasteiger charge is -2.13. The minimum Gasteiger partial charge on any atom is -0.486 e. The molecule has 0 aliphatic carbocycles. The van der Waals surface area contributed by atoms with E-state index in [9.17, 15) is 4.79 Å². The van der Waals surface area contributed by atoms with Crippen molar-refractivity contribution < 1.29 is 9.53 Å². The van der Waals surface area contributed by atoms with Crippen LogP contribution in [0.3, 0.4) is 0 Å². The van der Waals surface area contributed by atoms with Crippen molar-refractivity contribution in [2.75, 3.05) is 10.6 Å². The summed E-state index contributed by atoms with van der Waals surface area (Å²) in [6, 6.07) is 21.1. The molecule has 1 amide bonds. The van der Waals surface area contributed by atoms with E-state index in [2.05, 4.69) is 10.6 Å². The molecule has 0 saturated carbocycles. The van der Waals surface area contributed by atoms with Gasteiger partial charge >= 0.3 is 0 Å². The molecule has 0 unspecified atom stereocenters. The Morgan fingerprint density at radius 1 is 0.900 bits per heavy atom. The van der Waals surface area contributed by atoms with Gasteiger partial charge in [0.15, 0.2) is 5.75 Å². The Bertz CT molecular complexity index is 967. The molecule has 0 heterocycles.